The zero-order valence-electron chi connectivity index (χ0n) is 29.6. The average molecular weight is 647 g/mol. The van der Waals surface area contributed by atoms with Crippen molar-refractivity contribution < 1.29 is 0 Å². The molecule has 2 heterocycles. The summed E-state index contributed by atoms with van der Waals surface area (Å²) < 4.78 is 5.15. The van der Waals surface area contributed by atoms with E-state index in [-0.39, 0.29) is 11.5 Å². The predicted molar refractivity (Wildman–Crippen MR) is 212 cm³/mol. The normalized spacial score (nSPS) is 18.3. The van der Waals surface area contributed by atoms with Gasteiger partial charge in [-0.15, -0.1) is 0 Å². The van der Waals surface area contributed by atoms with E-state index < -0.39 is 0 Å². The highest BCUT2D eigenvalue weighted by Gasteiger charge is 2.37. The van der Waals surface area contributed by atoms with Gasteiger partial charge in [-0.05, 0) is 125 Å². The van der Waals surface area contributed by atoms with E-state index in [9.17, 15) is 0 Å². The number of allylic oxidation sites excluding steroid dienone is 1. The lowest BCUT2D eigenvalue weighted by molar-refractivity contribution is 0.654. The van der Waals surface area contributed by atoms with E-state index in [0.29, 0.717) is 5.92 Å². The third kappa shape index (κ3) is 4.02. The zero-order chi connectivity index (χ0) is 33.9. The summed E-state index contributed by atoms with van der Waals surface area (Å²) in [5.41, 5.74) is 17.5. The number of para-hydroxylation sites is 2. The fraction of sp³-hybridized carbons (Fsp3) is 0.208. The van der Waals surface area contributed by atoms with Crippen molar-refractivity contribution in [2.75, 3.05) is 0 Å². The summed E-state index contributed by atoms with van der Waals surface area (Å²) in [6, 6.07) is 39.1. The summed E-state index contributed by atoms with van der Waals surface area (Å²) in [5, 5.41) is 5.39. The van der Waals surface area contributed by atoms with Gasteiger partial charge < -0.3 is 9.13 Å². The number of aromatic nitrogens is 2. The van der Waals surface area contributed by atoms with Crippen LogP contribution in [-0.4, -0.2) is 9.13 Å². The molecule has 5 aromatic carbocycles. The standard InChI is InChI=1S/C48H42N2/c1-29-14-9-10-18-34(29)36-26-37-38-27-40-39-25-33(50-43-20-12-11-19-35(43)47-30(2)15-13-21-45(47)50)22-23-44(39)49(32-16-7-6-8-17-32)46(40)28-42(38)48(4,5)41(37)24-31(36)3/h6-14,16-21,23-28,30,33H,15,22H2,1-5H3. The fourth-order valence-electron chi connectivity index (χ4n) is 9.64. The van der Waals surface area contributed by atoms with Crippen LogP contribution in [0.4, 0.5) is 0 Å². The molecule has 50 heavy (non-hydrogen) atoms. The monoisotopic (exact) mass is 646 g/mol. The highest BCUT2D eigenvalue weighted by molar-refractivity contribution is 5.96. The van der Waals surface area contributed by atoms with Crippen LogP contribution in [0, 0.1) is 13.8 Å². The van der Waals surface area contributed by atoms with Crippen LogP contribution in [0.5, 0.6) is 0 Å². The Labute approximate surface area is 294 Å². The molecule has 0 aliphatic heterocycles. The van der Waals surface area contributed by atoms with E-state index in [0.717, 1.165) is 12.8 Å². The van der Waals surface area contributed by atoms with Gasteiger partial charge in [0.2, 0.25) is 0 Å². The summed E-state index contributed by atoms with van der Waals surface area (Å²) in [6.45, 7) is 11.7. The molecule has 0 spiro atoms. The minimum atomic E-state index is -0.109. The molecule has 2 heteroatoms. The maximum atomic E-state index is 2.63. The van der Waals surface area contributed by atoms with E-state index in [1.54, 1.807) is 0 Å². The van der Waals surface area contributed by atoms with E-state index in [4.69, 9.17) is 0 Å². The molecule has 3 aliphatic rings. The molecule has 2 unspecified atom stereocenters. The molecular formula is C48H42N2. The van der Waals surface area contributed by atoms with Crippen LogP contribution in [0.1, 0.15) is 79.1 Å². The van der Waals surface area contributed by atoms with E-state index >= 15 is 0 Å². The molecular weight excluding hydrogens is 605 g/mol. The van der Waals surface area contributed by atoms with Crippen LogP contribution in [0.25, 0.3) is 68.0 Å². The van der Waals surface area contributed by atoms with Crippen molar-refractivity contribution in [1.29, 1.82) is 0 Å². The van der Waals surface area contributed by atoms with Crippen LogP contribution < -0.4 is 10.6 Å². The van der Waals surface area contributed by atoms with E-state index in [1.165, 1.54) is 93.8 Å². The quantitative estimate of drug-likeness (QED) is 0.181. The van der Waals surface area contributed by atoms with Crippen LogP contribution in [0.2, 0.25) is 0 Å². The second kappa shape index (κ2) is 10.6. The molecule has 7 aromatic rings. The lowest BCUT2D eigenvalue weighted by Gasteiger charge is -2.23. The molecule has 0 bridgehead atoms. The molecule has 0 N–H and O–H groups in total. The predicted octanol–water partition coefficient (Wildman–Crippen LogP) is 10.9. The largest absolute Gasteiger partial charge is 0.333 e. The van der Waals surface area contributed by atoms with Gasteiger partial charge in [0, 0.05) is 43.7 Å². The molecule has 10 rings (SSSR count). The first kappa shape index (κ1) is 29.6. The van der Waals surface area contributed by atoms with Crippen molar-refractivity contribution in [3.8, 4) is 27.9 Å². The maximum Gasteiger partial charge on any atom is 0.0567 e. The topological polar surface area (TPSA) is 9.86 Å². The first-order chi connectivity index (χ1) is 24.3. The van der Waals surface area contributed by atoms with Crippen molar-refractivity contribution in [3.05, 3.63) is 153 Å². The second-order valence-corrected chi connectivity index (χ2v) is 15.4. The Bertz CT molecular complexity index is 2710. The number of nitrogens with zero attached hydrogens (tertiary/aromatic N) is 2. The molecule has 2 atom stereocenters. The Morgan fingerprint density at radius 1 is 0.660 bits per heavy atom. The second-order valence-electron chi connectivity index (χ2n) is 15.4. The molecule has 0 saturated carbocycles. The van der Waals surface area contributed by atoms with Gasteiger partial charge in [-0.3, -0.25) is 0 Å². The summed E-state index contributed by atoms with van der Waals surface area (Å²) in [5.74, 6) is 0.517. The van der Waals surface area contributed by atoms with Crippen LogP contribution in [-0.2, 0) is 5.41 Å². The summed E-state index contributed by atoms with van der Waals surface area (Å²) in [4.78, 5) is 0. The lowest BCUT2D eigenvalue weighted by Crippen LogP contribution is -2.33. The summed E-state index contributed by atoms with van der Waals surface area (Å²) in [7, 11) is 0. The van der Waals surface area contributed by atoms with Crippen LogP contribution >= 0.6 is 0 Å². The Hall–Kier alpha value is -5.34. The van der Waals surface area contributed by atoms with Gasteiger partial charge in [0.1, 0.15) is 0 Å². The fourth-order valence-corrected chi connectivity index (χ4v) is 9.64. The van der Waals surface area contributed by atoms with Gasteiger partial charge in [0.05, 0.1) is 11.6 Å². The van der Waals surface area contributed by atoms with Crippen molar-refractivity contribution in [1.82, 2.24) is 9.13 Å². The average Bonchev–Trinajstić information content (AvgIpc) is 3.71. The van der Waals surface area contributed by atoms with Gasteiger partial charge in [-0.2, -0.15) is 0 Å². The van der Waals surface area contributed by atoms with Crippen molar-refractivity contribution in [2.24, 2.45) is 0 Å². The van der Waals surface area contributed by atoms with Crippen molar-refractivity contribution in [2.45, 2.75) is 64.8 Å². The molecule has 0 saturated heterocycles. The van der Waals surface area contributed by atoms with Gasteiger partial charge in [0.25, 0.3) is 0 Å². The number of aryl methyl sites for hydroxylation is 2. The van der Waals surface area contributed by atoms with E-state index in [1.807, 2.05) is 0 Å². The third-order valence-corrected chi connectivity index (χ3v) is 12.1. The number of rotatable bonds is 3. The van der Waals surface area contributed by atoms with Crippen LogP contribution in [0.15, 0.2) is 109 Å². The van der Waals surface area contributed by atoms with Gasteiger partial charge in [-0.1, -0.05) is 106 Å². The minimum absolute atomic E-state index is 0.109. The Morgan fingerprint density at radius 2 is 1.40 bits per heavy atom. The summed E-state index contributed by atoms with van der Waals surface area (Å²) >= 11 is 0. The SMILES string of the molecule is Cc1ccccc1-c1cc2c(cc1C)C(C)(C)c1cc3c(cc1-2)c1c(n3-c2ccccc2)=CCC(n2c3c(c4ccccc42)C(C)CC=C3)C=1. The maximum absolute atomic E-state index is 2.63. The zero-order valence-corrected chi connectivity index (χ0v) is 29.6. The molecule has 2 nitrogen and oxygen atoms in total. The minimum Gasteiger partial charge on any atom is -0.333 e. The highest BCUT2D eigenvalue weighted by Crippen LogP contribution is 2.51. The first-order valence-corrected chi connectivity index (χ1v) is 18.3. The molecule has 0 fully saturated rings. The molecule has 0 amide bonds. The van der Waals surface area contributed by atoms with Crippen molar-refractivity contribution >= 4 is 40.0 Å². The molecule has 3 aliphatic carbocycles. The Kier molecular flexibility index (Phi) is 6.26. The lowest BCUT2D eigenvalue weighted by atomic mass is 9.81. The molecule has 244 valence electrons. The molecule has 2 aromatic heterocycles. The number of hydrogen-bond acceptors (Lipinski definition) is 0. The van der Waals surface area contributed by atoms with Gasteiger partial charge in [-0.25, -0.2) is 0 Å². The van der Waals surface area contributed by atoms with Crippen LogP contribution in [0.3, 0.4) is 0 Å². The smallest absolute Gasteiger partial charge is 0.0567 e. The summed E-state index contributed by atoms with van der Waals surface area (Å²) in [6.07, 6.45) is 11.9. The van der Waals surface area contributed by atoms with Gasteiger partial charge >= 0.3 is 0 Å². The van der Waals surface area contributed by atoms with E-state index in [2.05, 4.69) is 171 Å². The van der Waals surface area contributed by atoms with Gasteiger partial charge in [0.15, 0.2) is 0 Å². The van der Waals surface area contributed by atoms with Crippen molar-refractivity contribution in [3.63, 3.8) is 0 Å². The highest BCUT2D eigenvalue weighted by atomic mass is 15.0. The number of benzene rings is 5. The Morgan fingerprint density at radius 3 is 2.24 bits per heavy atom. The molecule has 0 radical (unpaired) electrons. The first-order valence-electron chi connectivity index (χ1n) is 18.3. The number of hydrogen-bond donors (Lipinski definition) is 0. The number of fused-ring (bicyclic) bond motifs is 9. The Balaban J connectivity index is 1.26. The third-order valence-electron chi connectivity index (χ3n) is 12.1.